The van der Waals surface area contributed by atoms with Gasteiger partial charge in [-0.3, -0.25) is 9.69 Å². The number of alkyl halides is 3. The van der Waals surface area contributed by atoms with Gasteiger partial charge in [0.1, 0.15) is 11.5 Å². The Labute approximate surface area is 179 Å². The van der Waals surface area contributed by atoms with Crippen molar-refractivity contribution in [3.05, 3.63) is 57.5 Å². The Balaban J connectivity index is 2.00. The second-order valence-corrected chi connectivity index (χ2v) is 7.87. The SMILES string of the molecule is COc1ccc(OC)c(/C=C2\SC(=S)N(c3ccc(Cl)c(C(F)(F)F)c3)C2=O)c1. The summed E-state index contributed by atoms with van der Waals surface area (Å²) in [6, 6.07) is 8.27. The number of nitrogens with zero attached hydrogens (tertiary/aromatic N) is 1. The van der Waals surface area contributed by atoms with Crippen LogP contribution in [0.1, 0.15) is 11.1 Å². The lowest BCUT2D eigenvalue weighted by Gasteiger charge is -2.17. The fraction of sp³-hybridized carbons (Fsp3) is 0.158. The van der Waals surface area contributed by atoms with Crippen molar-refractivity contribution in [3.63, 3.8) is 0 Å². The zero-order chi connectivity index (χ0) is 21.3. The van der Waals surface area contributed by atoms with Gasteiger partial charge in [0.05, 0.1) is 35.4 Å². The number of halogens is 4. The van der Waals surface area contributed by atoms with E-state index < -0.39 is 22.7 Å². The van der Waals surface area contributed by atoms with E-state index in [-0.39, 0.29) is 14.9 Å². The predicted molar refractivity (Wildman–Crippen MR) is 112 cm³/mol. The quantitative estimate of drug-likeness (QED) is 0.428. The Morgan fingerprint density at radius 2 is 1.86 bits per heavy atom. The first kappa shape index (κ1) is 21.5. The molecule has 1 amide bonds. The molecule has 2 aromatic rings. The smallest absolute Gasteiger partial charge is 0.417 e. The van der Waals surface area contributed by atoms with Crippen LogP contribution >= 0.6 is 35.6 Å². The van der Waals surface area contributed by atoms with Crippen LogP contribution in [0, 0.1) is 0 Å². The topological polar surface area (TPSA) is 38.8 Å². The minimum Gasteiger partial charge on any atom is -0.497 e. The molecule has 0 saturated carbocycles. The van der Waals surface area contributed by atoms with Gasteiger partial charge >= 0.3 is 6.18 Å². The first-order valence-corrected chi connectivity index (χ1v) is 9.62. The number of carbonyl (C=O) groups is 1. The van der Waals surface area contributed by atoms with E-state index in [4.69, 9.17) is 33.3 Å². The largest absolute Gasteiger partial charge is 0.497 e. The molecule has 1 heterocycles. The van der Waals surface area contributed by atoms with Crippen LogP contribution in [0.3, 0.4) is 0 Å². The Bertz CT molecular complexity index is 1020. The van der Waals surface area contributed by atoms with E-state index in [2.05, 4.69) is 0 Å². The summed E-state index contributed by atoms with van der Waals surface area (Å²) in [5.41, 5.74) is -0.478. The number of anilines is 1. The first-order valence-electron chi connectivity index (χ1n) is 8.02. The van der Waals surface area contributed by atoms with E-state index in [9.17, 15) is 18.0 Å². The molecule has 1 fully saturated rings. The highest BCUT2D eigenvalue weighted by atomic mass is 35.5. The zero-order valence-electron chi connectivity index (χ0n) is 15.0. The van der Waals surface area contributed by atoms with Gasteiger partial charge in [0.15, 0.2) is 4.32 Å². The van der Waals surface area contributed by atoms with Crippen molar-refractivity contribution in [2.45, 2.75) is 6.18 Å². The summed E-state index contributed by atoms with van der Waals surface area (Å²) < 4.78 is 50.1. The van der Waals surface area contributed by atoms with E-state index in [0.717, 1.165) is 28.8 Å². The molecule has 1 aliphatic heterocycles. The van der Waals surface area contributed by atoms with Gasteiger partial charge in [-0.15, -0.1) is 0 Å². The lowest BCUT2D eigenvalue weighted by atomic mass is 10.1. The molecule has 0 bridgehead atoms. The third kappa shape index (κ3) is 4.36. The van der Waals surface area contributed by atoms with Crippen LogP contribution in [0.4, 0.5) is 18.9 Å². The maximum absolute atomic E-state index is 13.2. The highest BCUT2D eigenvalue weighted by Gasteiger charge is 2.37. The maximum atomic E-state index is 13.2. The normalized spacial score (nSPS) is 15.9. The Hall–Kier alpha value is -2.23. The van der Waals surface area contributed by atoms with Crippen LogP contribution in [0.15, 0.2) is 41.3 Å². The fourth-order valence-corrected chi connectivity index (χ4v) is 4.17. The summed E-state index contributed by atoms with van der Waals surface area (Å²) in [7, 11) is 2.99. The molecule has 1 saturated heterocycles. The number of amides is 1. The molecule has 1 aliphatic rings. The Morgan fingerprint density at radius 1 is 1.14 bits per heavy atom. The third-order valence-corrected chi connectivity index (χ3v) is 5.66. The summed E-state index contributed by atoms with van der Waals surface area (Å²) in [5, 5.41) is -0.455. The lowest BCUT2D eigenvalue weighted by molar-refractivity contribution is -0.137. The highest BCUT2D eigenvalue weighted by Crippen LogP contribution is 2.41. The van der Waals surface area contributed by atoms with Gasteiger partial charge in [0, 0.05) is 5.56 Å². The molecule has 0 aromatic heterocycles. The van der Waals surface area contributed by atoms with E-state index in [0.29, 0.717) is 17.1 Å². The van der Waals surface area contributed by atoms with Crippen molar-refractivity contribution in [1.29, 1.82) is 0 Å². The second kappa shape index (κ2) is 8.25. The highest BCUT2D eigenvalue weighted by molar-refractivity contribution is 8.27. The molecule has 0 radical (unpaired) electrons. The van der Waals surface area contributed by atoms with Crippen molar-refractivity contribution < 1.29 is 27.4 Å². The molecular weight excluding hydrogens is 447 g/mol. The summed E-state index contributed by atoms with van der Waals surface area (Å²) in [6.45, 7) is 0. The van der Waals surface area contributed by atoms with Gasteiger partial charge in [0.25, 0.3) is 5.91 Å². The third-order valence-electron chi connectivity index (χ3n) is 4.03. The number of benzene rings is 2. The fourth-order valence-electron chi connectivity index (χ4n) is 2.65. The Kier molecular flexibility index (Phi) is 6.11. The van der Waals surface area contributed by atoms with Crippen molar-refractivity contribution in [3.8, 4) is 11.5 Å². The van der Waals surface area contributed by atoms with Crippen LogP contribution in [0.2, 0.25) is 5.02 Å². The standard InChI is InChI=1S/C19H13ClF3NO3S2/c1-26-12-4-6-15(27-2)10(7-12)8-16-17(25)24(18(28)29-16)11-3-5-14(20)13(9-11)19(21,22)23/h3-9H,1-2H3/b16-8-. The van der Waals surface area contributed by atoms with Crippen molar-refractivity contribution in [1.82, 2.24) is 0 Å². The number of ether oxygens (including phenoxy) is 2. The summed E-state index contributed by atoms with van der Waals surface area (Å²) in [5.74, 6) is 0.516. The number of thiocarbonyl (C=S) groups is 1. The van der Waals surface area contributed by atoms with Crippen molar-refractivity contribution in [2.75, 3.05) is 19.1 Å². The number of rotatable bonds is 4. The number of thioether (sulfide) groups is 1. The number of hydrogen-bond acceptors (Lipinski definition) is 5. The average molecular weight is 460 g/mol. The second-order valence-electron chi connectivity index (χ2n) is 5.79. The molecule has 10 heteroatoms. The molecule has 0 spiro atoms. The molecule has 4 nitrogen and oxygen atoms in total. The van der Waals surface area contributed by atoms with Gasteiger partial charge in [0.2, 0.25) is 0 Å². The minimum absolute atomic E-state index is 0.00904. The van der Waals surface area contributed by atoms with E-state index in [1.165, 1.54) is 20.3 Å². The molecule has 2 aromatic carbocycles. The van der Waals surface area contributed by atoms with Gasteiger partial charge in [-0.2, -0.15) is 13.2 Å². The summed E-state index contributed by atoms with van der Waals surface area (Å²) in [6.07, 6.45) is -3.10. The van der Waals surface area contributed by atoms with E-state index in [1.807, 2.05) is 0 Å². The van der Waals surface area contributed by atoms with Gasteiger partial charge < -0.3 is 9.47 Å². The molecule has 152 valence electrons. The van der Waals surface area contributed by atoms with E-state index >= 15 is 0 Å². The summed E-state index contributed by atoms with van der Waals surface area (Å²) in [4.78, 5) is 14.2. The predicted octanol–water partition coefficient (Wildman–Crippen LogP) is 5.78. The molecule has 3 rings (SSSR count). The molecule has 0 atom stereocenters. The number of methoxy groups -OCH3 is 2. The molecule has 29 heavy (non-hydrogen) atoms. The van der Waals surface area contributed by atoms with Crippen LogP contribution < -0.4 is 14.4 Å². The van der Waals surface area contributed by atoms with Crippen LogP contribution in [0.5, 0.6) is 11.5 Å². The molecular formula is C19H13ClF3NO3S2. The maximum Gasteiger partial charge on any atom is 0.417 e. The van der Waals surface area contributed by atoms with Crippen LogP contribution in [-0.2, 0) is 11.0 Å². The average Bonchev–Trinajstić information content (AvgIpc) is 2.94. The van der Waals surface area contributed by atoms with Crippen LogP contribution in [0.25, 0.3) is 6.08 Å². The summed E-state index contributed by atoms with van der Waals surface area (Å²) >= 11 is 11.9. The molecule has 0 aliphatic carbocycles. The van der Waals surface area contributed by atoms with Crippen molar-refractivity contribution in [2.24, 2.45) is 0 Å². The minimum atomic E-state index is -4.66. The monoisotopic (exact) mass is 459 g/mol. The van der Waals surface area contributed by atoms with Gasteiger partial charge in [-0.05, 0) is 42.5 Å². The van der Waals surface area contributed by atoms with Crippen molar-refractivity contribution >= 4 is 57.6 Å². The van der Waals surface area contributed by atoms with Gasteiger partial charge in [-0.25, -0.2) is 0 Å². The zero-order valence-corrected chi connectivity index (χ0v) is 17.4. The first-order chi connectivity index (χ1) is 13.7. The molecule has 0 N–H and O–H groups in total. The lowest BCUT2D eigenvalue weighted by Crippen LogP contribution is -2.27. The van der Waals surface area contributed by atoms with Gasteiger partial charge in [-0.1, -0.05) is 35.6 Å². The number of carbonyl (C=O) groups excluding carboxylic acids is 1. The molecule has 0 unspecified atom stereocenters. The van der Waals surface area contributed by atoms with E-state index in [1.54, 1.807) is 24.3 Å². The Morgan fingerprint density at radius 3 is 2.48 bits per heavy atom. The van der Waals surface area contributed by atoms with Crippen LogP contribution in [-0.4, -0.2) is 24.4 Å². The number of hydrogen-bond donors (Lipinski definition) is 0.